The molecular formula is C18H20N4O4S2. The van der Waals surface area contributed by atoms with Gasteiger partial charge in [-0.1, -0.05) is 30.0 Å². The van der Waals surface area contributed by atoms with Crippen molar-refractivity contribution < 1.29 is 14.6 Å². The smallest absolute Gasteiger partial charge is 0.267 e. The molecule has 0 aromatic carbocycles. The molecule has 1 amide bonds. The Morgan fingerprint density at radius 2 is 2.21 bits per heavy atom. The molecule has 0 spiro atoms. The second kappa shape index (κ2) is 9.28. The summed E-state index contributed by atoms with van der Waals surface area (Å²) in [5, 5.41) is 12.1. The fourth-order valence-electron chi connectivity index (χ4n) is 2.66. The van der Waals surface area contributed by atoms with E-state index in [1.165, 1.54) is 15.4 Å². The van der Waals surface area contributed by atoms with Gasteiger partial charge in [0.1, 0.15) is 15.8 Å². The van der Waals surface area contributed by atoms with Crippen molar-refractivity contribution >= 4 is 51.7 Å². The van der Waals surface area contributed by atoms with Crippen molar-refractivity contribution in [1.29, 1.82) is 0 Å². The summed E-state index contributed by atoms with van der Waals surface area (Å²) >= 11 is 6.43. The van der Waals surface area contributed by atoms with Crippen molar-refractivity contribution in [1.82, 2.24) is 14.3 Å². The highest BCUT2D eigenvalue weighted by atomic mass is 32.2. The van der Waals surface area contributed by atoms with E-state index in [1.807, 2.05) is 0 Å². The van der Waals surface area contributed by atoms with Gasteiger partial charge in [0.15, 0.2) is 0 Å². The van der Waals surface area contributed by atoms with Gasteiger partial charge in [0.2, 0.25) is 0 Å². The van der Waals surface area contributed by atoms with E-state index in [0.717, 1.165) is 11.8 Å². The number of aliphatic hydroxyl groups is 1. The number of anilines is 1. The topological polar surface area (TPSA) is 96.2 Å². The Hall–Kier alpha value is -2.27. The van der Waals surface area contributed by atoms with Crippen molar-refractivity contribution in [3.63, 3.8) is 0 Å². The van der Waals surface area contributed by atoms with Gasteiger partial charge in [-0.15, -0.1) is 0 Å². The summed E-state index contributed by atoms with van der Waals surface area (Å²) in [5.41, 5.74) is 0.469. The third-order valence-electron chi connectivity index (χ3n) is 4.06. The normalized spacial score (nSPS) is 15.8. The number of carbonyl (C=O) groups excluding carboxylic acids is 1. The molecule has 2 aromatic heterocycles. The first-order valence-corrected chi connectivity index (χ1v) is 9.89. The van der Waals surface area contributed by atoms with Crippen molar-refractivity contribution in [2.75, 3.05) is 38.7 Å². The van der Waals surface area contributed by atoms with E-state index in [-0.39, 0.29) is 23.6 Å². The Kier molecular flexibility index (Phi) is 6.79. The molecule has 1 aliphatic rings. The Bertz CT molecular complexity index is 989. The predicted molar refractivity (Wildman–Crippen MR) is 113 cm³/mol. The summed E-state index contributed by atoms with van der Waals surface area (Å²) in [7, 11) is 1.56. The molecule has 0 bridgehead atoms. The number of nitrogens with zero attached hydrogens (tertiary/aromatic N) is 3. The third kappa shape index (κ3) is 4.25. The zero-order valence-electron chi connectivity index (χ0n) is 15.3. The van der Waals surface area contributed by atoms with Gasteiger partial charge in [-0.25, -0.2) is 4.98 Å². The fraction of sp³-hybridized carbons (Fsp3) is 0.333. The molecule has 1 aliphatic heterocycles. The number of pyridine rings is 1. The molecular weight excluding hydrogens is 400 g/mol. The maximum atomic E-state index is 13.0. The van der Waals surface area contributed by atoms with Crippen molar-refractivity contribution in [2.24, 2.45) is 0 Å². The largest absolute Gasteiger partial charge is 0.396 e. The number of aliphatic hydroxyl groups excluding tert-OH is 1. The summed E-state index contributed by atoms with van der Waals surface area (Å²) in [6, 6.07) is 5.26. The van der Waals surface area contributed by atoms with Gasteiger partial charge >= 0.3 is 0 Å². The van der Waals surface area contributed by atoms with Gasteiger partial charge in [0.05, 0.1) is 23.6 Å². The number of amides is 1. The third-order valence-corrected chi connectivity index (χ3v) is 5.44. The molecule has 28 heavy (non-hydrogen) atoms. The second-order valence-electron chi connectivity index (χ2n) is 5.94. The summed E-state index contributed by atoms with van der Waals surface area (Å²) in [6.07, 6.45) is 3.67. The first-order valence-electron chi connectivity index (χ1n) is 8.67. The molecule has 0 saturated carbocycles. The Morgan fingerprint density at radius 3 is 2.96 bits per heavy atom. The quantitative estimate of drug-likeness (QED) is 0.375. The zero-order valence-corrected chi connectivity index (χ0v) is 16.9. The molecule has 3 heterocycles. The number of nitrogens with one attached hydrogen (secondary N) is 1. The number of methoxy groups -OCH3 is 1. The number of hydrogen-bond acceptors (Lipinski definition) is 8. The molecule has 0 radical (unpaired) electrons. The number of rotatable bonds is 8. The van der Waals surface area contributed by atoms with Gasteiger partial charge in [-0.05, 0) is 24.6 Å². The van der Waals surface area contributed by atoms with Gasteiger partial charge in [-0.2, -0.15) is 0 Å². The Morgan fingerprint density at radius 1 is 1.39 bits per heavy atom. The number of ether oxygens (including phenoxy) is 1. The van der Waals surface area contributed by atoms with E-state index in [2.05, 4.69) is 10.3 Å². The van der Waals surface area contributed by atoms with E-state index < -0.39 is 0 Å². The predicted octanol–water partition coefficient (Wildman–Crippen LogP) is 1.34. The molecule has 2 aromatic rings. The minimum absolute atomic E-state index is 0.0209. The second-order valence-corrected chi connectivity index (χ2v) is 7.61. The van der Waals surface area contributed by atoms with Crippen molar-refractivity contribution in [3.8, 4) is 0 Å². The molecule has 2 N–H and O–H groups in total. The monoisotopic (exact) mass is 420 g/mol. The highest BCUT2D eigenvalue weighted by Crippen LogP contribution is 2.32. The number of carbonyl (C=O) groups is 1. The van der Waals surface area contributed by atoms with Gasteiger partial charge < -0.3 is 15.2 Å². The molecule has 0 atom stereocenters. The minimum Gasteiger partial charge on any atom is -0.396 e. The molecule has 1 saturated heterocycles. The standard InChI is InChI=1S/C18H20N4O4S2/c1-26-10-8-22-17(25)13(28-18(22)27)11-12-15(19-6-4-9-23)20-14-5-2-3-7-21(14)16(12)24/h2-3,5,7,11,19,23H,4,6,8-10H2,1H3. The number of thioether (sulfide) groups is 1. The maximum absolute atomic E-state index is 13.0. The number of aromatic nitrogens is 2. The molecule has 10 heteroatoms. The summed E-state index contributed by atoms with van der Waals surface area (Å²) in [4.78, 5) is 32.0. The molecule has 1 fully saturated rings. The average molecular weight is 421 g/mol. The van der Waals surface area contributed by atoms with Crippen molar-refractivity contribution in [2.45, 2.75) is 6.42 Å². The van der Waals surface area contributed by atoms with Crippen molar-refractivity contribution in [3.05, 3.63) is 45.2 Å². The van der Waals surface area contributed by atoms with Crippen LogP contribution in [0.25, 0.3) is 11.7 Å². The summed E-state index contributed by atoms with van der Waals surface area (Å²) < 4.78 is 6.87. The first-order chi connectivity index (χ1) is 13.6. The van der Waals surface area contributed by atoms with E-state index >= 15 is 0 Å². The van der Waals surface area contributed by atoms with E-state index in [0.29, 0.717) is 46.8 Å². The molecule has 3 rings (SSSR count). The molecule has 148 valence electrons. The molecule has 8 nitrogen and oxygen atoms in total. The van der Waals surface area contributed by atoms with Crippen LogP contribution in [0.3, 0.4) is 0 Å². The average Bonchev–Trinajstić information content (AvgIpc) is 2.96. The number of thiocarbonyl (C=S) groups is 1. The van der Waals surface area contributed by atoms with Gasteiger partial charge in [0.25, 0.3) is 11.5 Å². The zero-order chi connectivity index (χ0) is 20.1. The van der Waals surface area contributed by atoms with Crippen LogP contribution in [0.4, 0.5) is 5.82 Å². The van der Waals surface area contributed by atoms with E-state index in [1.54, 1.807) is 31.5 Å². The fourth-order valence-corrected chi connectivity index (χ4v) is 3.95. The lowest BCUT2D eigenvalue weighted by Gasteiger charge is -2.13. The first kappa shape index (κ1) is 20.5. The Balaban J connectivity index is 2.03. The van der Waals surface area contributed by atoms with Crippen LogP contribution in [0, 0.1) is 0 Å². The molecule has 0 unspecified atom stereocenters. The van der Waals surface area contributed by atoms with Crippen LogP contribution in [0.15, 0.2) is 34.1 Å². The lowest BCUT2D eigenvalue weighted by molar-refractivity contribution is -0.122. The lowest BCUT2D eigenvalue weighted by atomic mass is 10.2. The molecule has 0 aliphatic carbocycles. The van der Waals surface area contributed by atoms with E-state index in [9.17, 15) is 9.59 Å². The van der Waals surface area contributed by atoms with Crippen LogP contribution in [0.1, 0.15) is 12.0 Å². The van der Waals surface area contributed by atoms with Crippen LogP contribution in [-0.4, -0.2) is 63.0 Å². The number of fused-ring (bicyclic) bond motifs is 1. The van der Waals surface area contributed by atoms with Crippen LogP contribution < -0.4 is 10.9 Å². The summed E-state index contributed by atoms with van der Waals surface area (Å²) in [6.45, 7) is 1.19. The maximum Gasteiger partial charge on any atom is 0.267 e. The number of hydrogen-bond donors (Lipinski definition) is 2. The van der Waals surface area contributed by atoms with Gasteiger partial charge in [0, 0.05) is 26.5 Å². The van der Waals surface area contributed by atoms with Crippen LogP contribution >= 0.6 is 24.0 Å². The highest BCUT2D eigenvalue weighted by molar-refractivity contribution is 8.26. The summed E-state index contributed by atoms with van der Waals surface area (Å²) in [5.74, 6) is 0.109. The van der Waals surface area contributed by atoms with Crippen LogP contribution in [0.5, 0.6) is 0 Å². The highest BCUT2D eigenvalue weighted by Gasteiger charge is 2.32. The minimum atomic E-state index is -0.292. The van der Waals surface area contributed by atoms with E-state index in [4.69, 9.17) is 22.1 Å². The van der Waals surface area contributed by atoms with Crippen LogP contribution in [0.2, 0.25) is 0 Å². The van der Waals surface area contributed by atoms with Crippen LogP contribution in [-0.2, 0) is 9.53 Å². The lowest BCUT2D eigenvalue weighted by Crippen LogP contribution is -2.31. The Labute approximate surface area is 171 Å². The van der Waals surface area contributed by atoms with Gasteiger partial charge in [-0.3, -0.25) is 18.9 Å². The SMILES string of the molecule is COCCN1C(=O)C(=Cc2c(NCCCO)nc3ccccn3c2=O)SC1=S.